The molecule has 0 saturated carbocycles. The Hall–Kier alpha value is -1.16. The molecule has 1 aromatic rings. The van der Waals surface area contributed by atoms with Crippen LogP contribution in [0.15, 0.2) is 40.6 Å². The second-order valence-corrected chi connectivity index (χ2v) is 3.75. The number of amides is 1. The number of azo groups is 1. The number of rotatable bonds is 1. The van der Waals surface area contributed by atoms with E-state index in [-0.39, 0.29) is 11.3 Å². The number of benzene rings is 1. The van der Waals surface area contributed by atoms with Gasteiger partial charge in [-0.3, -0.25) is 4.79 Å². The van der Waals surface area contributed by atoms with Crippen LogP contribution in [-0.4, -0.2) is 11.7 Å². The third-order valence-corrected chi connectivity index (χ3v) is 2.82. The normalized spacial score (nSPS) is 21.8. The molecule has 3 nitrogen and oxygen atoms in total. The summed E-state index contributed by atoms with van der Waals surface area (Å²) < 4.78 is 0. The van der Waals surface area contributed by atoms with Crippen LogP contribution in [0.5, 0.6) is 0 Å². The lowest BCUT2D eigenvalue weighted by molar-refractivity contribution is -0.116. The van der Waals surface area contributed by atoms with Crippen LogP contribution in [0.4, 0.5) is 0 Å². The minimum atomic E-state index is -0.141. The van der Waals surface area contributed by atoms with Crippen molar-refractivity contribution in [3.63, 3.8) is 0 Å². The number of carbonyl (C=O) groups excluding carboxylic acids is 1. The van der Waals surface area contributed by atoms with Crippen LogP contribution in [0.1, 0.15) is 10.9 Å². The molecule has 1 unspecified atom stereocenters. The highest BCUT2D eigenvalue weighted by Crippen LogP contribution is 2.32. The topological polar surface area (TPSA) is 41.8 Å². The summed E-state index contributed by atoms with van der Waals surface area (Å²) in [5, 5.41) is 7.47. The largest absolute Gasteiger partial charge is 0.274 e. The van der Waals surface area contributed by atoms with Gasteiger partial charge in [-0.15, -0.1) is 16.9 Å². The minimum absolute atomic E-state index is 0.00102. The van der Waals surface area contributed by atoms with Gasteiger partial charge in [-0.25, -0.2) is 0 Å². The summed E-state index contributed by atoms with van der Waals surface area (Å²) in [7, 11) is 0. The molecule has 1 aliphatic rings. The molecule has 13 heavy (non-hydrogen) atoms. The standard InChI is InChI=1S/C9H8N2OS/c12-8-6-13-9(11-10-8)7-4-2-1-3-5-7/h1-5,9H,6H2. The Morgan fingerprint density at radius 2 is 2.08 bits per heavy atom. The van der Waals surface area contributed by atoms with E-state index in [9.17, 15) is 4.79 Å². The fourth-order valence-electron chi connectivity index (χ4n) is 1.11. The van der Waals surface area contributed by atoms with Crippen molar-refractivity contribution < 1.29 is 4.79 Å². The second kappa shape index (κ2) is 3.70. The maximum atomic E-state index is 10.8. The van der Waals surface area contributed by atoms with Crippen molar-refractivity contribution in [3.8, 4) is 0 Å². The molecule has 0 fully saturated rings. The van der Waals surface area contributed by atoms with Gasteiger partial charge in [0.2, 0.25) is 0 Å². The van der Waals surface area contributed by atoms with Crippen molar-refractivity contribution in [2.24, 2.45) is 10.2 Å². The maximum Gasteiger partial charge on any atom is 0.274 e. The molecule has 0 bridgehead atoms. The molecule has 0 saturated heterocycles. The third kappa shape index (κ3) is 1.95. The zero-order valence-electron chi connectivity index (χ0n) is 6.88. The molecule has 66 valence electrons. The van der Waals surface area contributed by atoms with E-state index in [0.717, 1.165) is 5.56 Å². The van der Waals surface area contributed by atoms with Crippen molar-refractivity contribution in [2.75, 3.05) is 5.75 Å². The molecule has 1 aromatic carbocycles. The van der Waals surface area contributed by atoms with Crippen LogP contribution < -0.4 is 0 Å². The number of thioether (sulfide) groups is 1. The molecule has 0 spiro atoms. The zero-order valence-corrected chi connectivity index (χ0v) is 7.70. The van der Waals surface area contributed by atoms with Crippen LogP contribution in [0, 0.1) is 0 Å². The highest BCUT2D eigenvalue weighted by Gasteiger charge is 2.17. The van der Waals surface area contributed by atoms with Gasteiger partial charge >= 0.3 is 0 Å². The number of hydrogen-bond donors (Lipinski definition) is 0. The summed E-state index contributed by atoms with van der Waals surface area (Å²) in [5.74, 6) is 0.292. The average Bonchev–Trinajstić information content (AvgIpc) is 2.20. The van der Waals surface area contributed by atoms with Crippen molar-refractivity contribution in [1.29, 1.82) is 0 Å². The first-order valence-electron chi connectivity index (χ1n) is 3.96. The molecule has 1 atom stereocenters. The lowest BCUT2D eigenvalue weighted by Crippen LogP contribution is -2.05. The van der Waals surface area contributed by atoms with E-state index in [0.29, 0.717) is 5.75 Å². The minimum Gasteiger partial charge on any atom is -0.270 e. The Balaban J connectivity index is 2.20. The molecule has 1 amide bonds. The summed E-state index contributed by atoms with van der Waals surface area (Å²) in [4.78, 5) is 10.8. The molecule has 2 rings (SSSR count). The third-order valence-electron chi connectivity index (χ3n) is 1.72. The van der Waals surface area contributed by atoms with E-state index in [4.69, 9.17) is 0 Å². The van der Waals surface area contributed by atoms with Crippen LogP contribution in [0.2, 0.25) is 0 Å². The summed E-state index contributed by atoms with van der Waals surface area (Å²) in [6.07, 6.45) is 0. The van der Waals surface area contributed by atoms with E-state index in [1.165, 1.54) is 11.8 Å². The highest BCUT2D eigenvalue weighted by atomic mass is 32.2. The first-order valence-corrected chi connectivity index (χ1v) is 5.01. The molecule has 0 aromatic heterocycles. The SMILES string of the molecule is O=C1CSC(c2ccccc2)N=N1. The van der Waals surface area contributed by atoms with Crippen molar-refractivity contribution in [1.82, 2.24) is 0 Å². The van der Waals surface area contributed by atoms with Gasteiger partial charge in [-0.1, -0.05) is 30.3 Å². The van der Waals surface area contributed by atoms with Gasteiger partial charge in [-0.2, -0.15) is 5.11 Å². The van der Waals surface area contributed by atoms with E-state index in [1.807, 2.05) is 30.3 Å². The van der Waals surface area contributed by atoms with Crippen LogP contribution in [0.3, 0.4) is 0 Å². The van der Waals surface area contributed by atoms with Crippen LogP contribution in [0.25, 0.3) is 0 Å². The van der Waals surface area contributed by atoms with Gasteiger partial charge in [-0.05, 0) is 5.56 Å². The summed E-state index contributed by atoms with van der Waals surface area (Å²) >= 11 is 1.51. The Labute approximate surface area is 80.3 Å². The number of nitrogens with zero attached hydrogens (tertiary/aromatic N) is 2. The molecule has 1 aliphatic heterocycles. The lowest BCUT2D eigenvalue weighted by atomic mass is 10.2. The van der Waals surface area contributed by atoms with Crippen LogP contribution in [-0.2, 0) is 4.79 Å². The van der Waals surface area contributed by atoms with Gasteiger partial charge in [0.15, 0.2) is 0 Å². The number of carbonyl (C=O) groups is 1. The molecule has 0 N–H and O–H groups in total. The molecular formula is C9H8N2OS. The molecule has 4 heteroatoms. The molecule has 0 radical (unpaired) electrons. The maximum absolute atomic E-state index is 10.8. The zero-order chi connectivity index (χ0) is 9.10. The lowest BCUT2D eigenvalue weighted by Gasteiger charge is -2.12. The van der Waals surface area contributed by atoms with E-state index in [1.54, 1.807) is 0 Å². The van der Waals surface area contributed by atoms with E-state index < -0.39 is 0 Å². The molecular weight excluding hydrogens is 184 g/mol. The smallest absolute Gasteiger partial charge is 0.270 e. The first kappa shape index (κ1) is 8.44. The van der Waals surface area contributed by atoms with Gasteiger partial charge in [0.25, 0.3) is 5.91 Å². The van der Waals surface area contributed by atoms with E-state index in [2.05, 4.69) is 10.2 Å². The highest BCUT2D eigenvalue weighted by molar-refractivity contribution is 8.00. The summed E-state index contributed by atoms with van der Waals surface area (Å²) in [6.45, 7) is 0. The summed E-state index contributed by atoms with van der Waals surface area (Å²) in [6, 6.07) is 9.86. The summed E-state index contributed by atoms with van der Waals surface area (Å²) in [5.41, 5.74) is 1.10. The van der Waals surface area contributed by atoms with Gasteiger partial charge < -0.3 is 0 Å². The molecule has 1 heterocycles. The quantitative estimate of drug-likeness (QED) is 0.685. The first-order chi connectivity index (χ1) is 6.36. The van der Waals surface area contributed by atoms with Gasteiger partial charge in [0.1, 0.15) is 5.37 Å². The monoisotopic (exact) mass is 192 g/mol. The van der Waals surface area contributed by atoms with Gasteiger partial charge in [0.05, 0.1) is 5.75 Å². The predicted molar refractivity (Wildman–Crippen MR) is 51.5 cm³/mol. The Kier molecular flexibility index (Phi) is 2.40. The Morgan fingerprint density at radius 3 is 2.69 bits per heavy atom. The molecule has 0 aliphatic carbocycles. The van der Waals surface area contributed by atoms with Crippen molar-refractivity contribution in [2.45, 2.75) is 5.37 Å². The second-order valence-electron chi connectivity index (χ2n) is 2.68. The predicted octanol–water partition coefficient (Wildman–Crippen LogP) is 2.41. The fraction of sp³-hybridized carbons (Fsp3) is 0.222. The van der Waals surface area contributed by atoms with Crippen LogP contribution >= 0.6 is 11.8 Å². The number of hydrogen-bond acceptors (Lipinski definition) is 3. The Morgan fingerprint density at radius 1 is 1.31 bits per heavy atom. The average molecular weight is 192 g/mol. The fourth-order valence-corrected chi connectivity index (χ4v) is 1.93. The van der Waals surface area contributed by atoms with Crippen molar-refractivity contribution in [3.05, 3.63) is 35.9 Å². The Bertz CT molecular complexity index is 337. The van der Waals surface area contributed by atoms with Gasteiger partial charge in [0, 0.05) is 0 Å². The van der Waals surface area contributed by atoms with Crippen molar-refractivity contribution >= 4 is 17.7 Å². The van der Waals surface area contributed by atoms with E-state index >= 15 is 0 Å².